The fraction of sp³-hybridized carbons (Fsp3) is 0.267. The Bertz CT molecular complexity index is 1160. The van der Waals surface area contributed by atoms with Crippen LogP contribution in [0.25, 0.3) is 0 Å². The van der Waals surface area contributed by atoms with Crippen LogP contribution >= 0.6 is 0 Å². The fourth-order valence-corrected chi connectivity index (χ4v) is 3.61. The molecule has 0 unspecified atom stereocenters. The van der Waals surface area contributed by atoms with Crippen LogP contribution < -0.4 is 10.2 Å². The van der Waals surface area contributed by atoms with Gasteiger partial charge in [-0.2, -0.15) is 0 Å². The van der Waals surface area contributed by atoms with E-state index < -0.39 is 24.3 Å². The third kappa shape index (κ3) is 9.81. The minimum Gasteiger partial charge on any atom is -0.497 e. The number of aliphatic hydroxyl groups is 1. The van der Waals surface area contributed by atoms with Gasteiger partial charge in [-0.15, -0.1) is 6.58 Å². The Hall–Kier alpha value is -4.34. The summed E-state index contributed by atoms with van der Waals surface area (Å²) in [6.07, 6.45) is -1.22. The van der Waals surface area contributed by atoms with Gasteiger partial charge in [-0.3, -0.25) is 0 Å². The maximum absolute atomic E-state index is 13.2. The summed E-state index contributed by atoms with van der Waals surface area (Å²) in [4.78, 5) is 25.9. The molecule has 0 bridgehead atoms. The van der Waals surface area contributed by atoms with E-state index in [-0.39, 0.29) is 32.8 Å². The molecule has 3 aromatic rings. The second kappa shape index (κ2) is 15.8. The number of hydrogen-bond acceptors (Lipinski definition) is 7. The number of methoxy groups -OCH3 is 1. The SMILES string of the molecule is C=CC[C@H](O)[C@@H](COCc1ccc(OC)cc1)N(NC(=O)OCc1ccccc1)C(=O)OCc1ccccc1. The van der Waals surface area contributed by atoms with Crippen LogP contribution in [0.2, 0.25) is 0 Å². The molecule has 3 aromatic carbocycles. The molecule has 206 valence electrons. The van der Waals surface area contributed by atoms with Gasteiger partial charge in [-0.1, -0.05) is 78.9 Å². The molecule has 0 saturated heterocycles. The van der Waals surface area contributed by atoms with Crippen LogP contribution in [0.15, 0.2) is 97.6 Å². The Morgan fingerprint density at radius 1 is 0.872 bits per heavy atom. The van der Waals surface area contributed by atoms with Crippen LogP contribution in [0, 0.1) is 0 Å². The van der Waals surface area contributed by atoms with Gasteiger partial charge in [0.2, 0.25) is 0 Å². The first kappa shape index (κ1) is 29.2. The minimum atomic E-state index is -1.11. The van der Waals surface area contributed by atoms with E-state index in [1.165, 1.54) is 6.08 Å². The molecule has 0 fully saturated rings. The molecule has 0 aliphatic heterocycles. The summed E-state index contributed by atoms with van der Waals surface area (Å²) in [6.45, 7) is 3.72. The zero-order valence-electron chi connectivity index (χ0n) is 21.9. The maximum atomic E-state index is 13.2. The van der Waals surface area contributed by atoms with Crippen LogP contribution in [0.1, 0.15) is 23.1 Å². The average molecular weight is 535 g/mol. The Labute approximate surface area is 228 Å². The number of ether oxygens (including phenoxy) is 4. The van der Waals surface area contributed by atoms with Crippen molar-refractivity contribution in [3.8, 4) is 5.75 Å². The highest BCUT2D eigenvalue weighted by Crippen LogP contribution is 2.15. The molecule has 0 radical (unpaired) electrons. The van der Waals surface area contributed by atoms with Crippen LogP contribution in [-0.4, -0.2) is 48.2 Å². The molecule has 9 heteroatoms. The van der Waals surface area contributed by atoms with E-state index in [2.05, 4.69) is 12.0 Å². The second-order valence-electron chi connectivity index (χ2n) is 8.61. The number of carbonyl (C=O) groups is 2. The molecule has 2 atom stereocenters. The van der Waals surface area contributed by atoms with Gasteiger partial charge >= 0.3 is 12.2 Å². The van der Waals surface area contributed by atoms with Gasteiger partial charge in [0.1, 0.15) is 25.0 Å². The van der Waals surface area contributed by atoms with Crippen LogP contribution in [-0.2, 0) is 34.0 Å². The van der Waals surface area contributed by atoms with E-state index in [0.717, 1.165) is 21.7 Å². The molecule has 2 amide bonds. The van der Waals surface area contributed by atoms with Gasteiger partial charge in [0.15, 0.2) is 0 Å². The molecule has 0 heterocycles. The van der Waals surface area contributed by atoms with E-state index in [1.54, 1.807) is 31.4 Å². The van der Waals surface area contributed by atoms with Crippen molar-refractivity contribution >= 4 is 12.2 Å². The van der Waals surface area contributed by atoms with E-state index in [1.807, 2.05) is 60.7 Å². The molecule has 9 nitrogen and oxygen atoms in total. The topological polar surface area (TPSA) is 107 Å². The highest BCUT2D eigenvalue weighted by molar-refractivity contribution is 5.74. The van der Waals surface area contributed by atoms with Crippen LogP contribution in [0.3, 0.4) is 0 Å². The van der Waals surface area contributed by atoms with Crippen molar-refractivity contribution in [2.45, 2.75) is 38.4 Å². The monoisotopic (exact) mass is 534 g/mol. The summed E-state index contributed by atoms with van der Waals surface area (Å²) in [5.41, 5.74) is 4.83. The molecule has 0 aliphatic carbocycles. The highest BCUT2D eigenvalue weighted by atomic mass is 16.6. The minimum absolute atomic E-state index is 0.00652. The Balaban J connectivity index is 1.72. The summed E-state index contributed by atoms with van der Waals surface area (Å²) >= 11 is 0. The summed E-state index contributed by atoms with van der Waals surface area (Å²) < 4.78 is 21.8. The first-order chi connectivity index (χ1) is 19.0. The number of rotatable bonds is 13. The normalized spacial score (nSPS) is 12.1. The Morgan fingerprint density at radius 3 is 2.00 bits per heavy atom. The highest BCUT2D eigenvalue weighted by Gasteiger charge is 2.33. The van der Waals surface area contributed by atoms with Crippen molar-refractivity contribution in [3.63, 3.8) is 0 Å². The number of nitrogens with one attached hydrogen (secondary N) is 1. The predicted molar refractivity (Wildman–Crippen MR) is 145 cm³/mol. The van der Waals surface area contributed by atoms with E-state index >= 15 is 0 Å². The lowest BCUT2D eigenvalue weighted by atomic mass is 10.1. The van der Waals surface area contributed by atoms with Crippen molar-refractivity contribution in [3.05, 3.63) is 114 Å². The lowest BCUT2D eigenvalue weighted by Gasteiger charge is -2.33. The summed E-state index contributed by atoms with van der Waals surface area (Å²) in [5, 5.41) is 11.8. The zero-order chi connectivity index (χ0) is 27.9. The number of carbonyl (C=O) groups excluding carboxylic acids is 2. The molecule has 39 heavy (non-hydrogen) atoms. The first-order valence-electron chi connectivity index (χ1n) is 12.5. The number of hydrazine groups is 1. The maximum Gasteiger partial charge on any atom is 0.429 e. The Kier molecular flexibility index (Phi) is 11.8. The molecular formula is C30H34N2O7. The lowest BCUT2D eigenvalue weighted by Crippen LogP contribution is -2.57. The molecule has 0 aromatic heterocycles. The van der Waals surface area contributed by atoms with Gasteiger partial charge in [0.05, 0.1) is 26.4 Å². The quantitative estimate of drug-likeness (QED) is 0.235. The second-order valence-corrected chi connectivity index (χ2v) is 8.61. The van der Waals surface area contributed by atoms with Gasteiger partial charge < -0.3 is 24.1 Å². The van der Waals surface area contributed by atoms with E-state index in [9.17, 15) is 14.7 Å². The van der Waals surface area contributed by atoms with E-state index in [0.29, 0.717) is 5.75 Å². The van der Waals surface area contributed by atoms with Gasteiger partial charge in [0.25, 0.3) is 0 Å². The Morgan fingerprint density at radius 2 is 1.44 bits per heavy atom. The molecule has 0 aliphatic rings. The fourth-order valence-electron chi connectivity index (χ4n) is 3.61. The lowest BCUT2D eigenvalue weighted by molar-refractivity contribution is -0.0340. The third-order valence-electron chi connectivity index (χ3n) is 5.73. The van der Waals surface area contributed by atoms with Crippen molar-refractivity contribution in [2.75, 3.05) is 13.7 Å². The smallest absolute Gasteiger partial charge is 0.429 e. The molecule has 2 N–H and O–H groups in total. The first-order valence-corrected chi connectivity index (χ1v) is 12.5. The summed E-state index contributed by atoms with van der Waals surface area (Å²) in [7, 11) is 1.58. The zero-order valence-corrected chi connectivity index (χ0v) is 21.9. The van der Waals surface area contributed by atoms with Crippen molar-refractivity contribution < 1.29 is 33.6 Å². The number of hydrogen-bond donors (Lipinski definition) is 2. The standard InChI is InChI=1S/C30H34N2O7/c1-3-10-28(33)27(22-37-19-25-15-17-26(36-2)18-16-25)32(30(35)39-21-24-13-8-5-9-14-24)31-29(34)38-20-23-11-6-4-7-12-23/h3-9,11-18,27-28,33H,1,10,19-22H2,2H3,(H,31,34)/t27-,28+/m1/s1. The largest absolute Gasteiger partial charge is 0.497 e. The summed E-state index contributed by atoms with van der Waals surface area (Å²) in [5.74, 6) is 0.712. The van der Waals surface area contributed by atoms with E-state index in [4.69, 9.17) is 18.9 Å². The van der Waals surface area contributed by atoms with Gasteiger partial charge in [0, 0.05) is 0 Å². The number of aliphatic hydroxyl groups excluding tert-OH is 1. The van der Waals surface area contributed by atoms with Gasteiger partial charge in [-0.25, -0.2) is 20.0 Å². The number of benzene rings is 3. The molecule has 0 spiro atoms. The van der Waals surface area contributed by atoms with Crippen LogP contribution in [0.4, 0.5) is 9.59 Å². The average Bonchev–Trinajstić information content (AvgIpc) is 2.97. The van der Waals surface area contributed by atoms with Crippen molar-refractivity contribution in [2.24, 2.45) is 0 Å². The van der Waals surface area contributed by atoms with Crippen molar-refractivity contribution in [1.29, 1.82) is 0 Å². The predicted octanol–water partition coefficient (Wildman–Crippen LogP) is 5.00. The van der Waals surface area contributed by atoms with Crippen molar-refractivity contribution in [1.82, 2.24) is 10.4 Å². The number of amides is 2. The molecular weight excluding hydrogens is 500 g/mol. The van der Waals surface area contributed by atoms with Gasteiger partial charge in [-0.05, 0) is 35.2 Å². The van der Waals surface area contributed by atoms with Crippen LogP contribution in [0.5, 0.6) is 5.75 Å². The summed E-state index contributed by atoms with van der Waals surface area (Å²) in [6, 6.07) is 24.5. The third-order valence-corrected chi connectivity index (χ3v) is 5.73. The molecule has 3 rings (SSSR count). The molecule has 0 saturated carbocycles. The number of nitrogens with zero attached hydrogens (tertiary/aromatic N) is 1.